The fourth-order valence-corrected chi connectivity index (χ4v) is 5.37. The molecule has 2 aliphatic rings. The Morgan fingerprint density at radius 3 is 2.09 bits per heavy atom. The second-order valence-corrected chi connectivity index (χ2v) is 9.43. The van der Waals surface area contributed by atoms with Crippen LogP contribution in [0.3, 0.4) is 0 Å². The molecule has 6 heteroatoms. The van der Waals surface area contributed by atoms with Crippen LogP contribution in [0.4, 0.5) is 4.79 Å². The number of benzene rings is 2. The van der Waals surface area contributed by atoms with Crippen molar-refractivity contribution in [2.75, 3.05) is 33.3 Å². The zero-order chi connectivity index (χ0) is 22.8. The lowest BCUT2D eigenvalue weighted by Gasteiger charge is -2.37. The van der Waals surface area contributed by atoms with Crippen LogP contribution in [0.5, 0.6) is 0 Å². The Balaban J connectivity index is 1.43. The minimum Gasteiger partial charge on any atom is -0.480 e. The van der Waals surface area contributed by atoms with Crippen molar-refractivity contribution in [1.82, 2.24) is 9.80 Å². The van der Waals surface area contributed by atoms with Crippen molar-refractivity contribution in [1.29, 1.82) is 0 Å². The summed E-state index contributed by atoms with van der Waals surface area (Å²) in [6.07, 6.45) is 0.550. The predicted octanol–water partition coefficient (Wildman–Crippen LogP) is 4.30. The molecule has 1 saturated heterocycles. The highest BCUT2D eigenvalue weighted by Crippen LogP contribution is 2.44. The van der Waals surface area contributed by atoms with Gasteiger partial charge in [0.15, 0.2) is 0 Å². The normalized spacial score (nSPS) is 21.5. The maximum atomic E-state index is 12.9. The number of hydrogen-bond donors (Lipinski definition) is 1. The van der Waals surface area contributed by atoms with Crippen LogP contribution in [0.1, 0.15) is 37.3 Å². The molecule has 170 valence electrons. The number of amides is 1. The van der Waals surface area contributed by atoms with Crippen LogP contribution >= 0.6 is 0 Å². The molecule has 1 N–H and O–H groups in total. The molecule has 0 radical (unpaired) electrons. The summed E-state index contributed by atoms with van der Waals surface area (Å²) >= 11 is 0. The van der Waals surface area contributed by atoms with Gasteiger partial charge in [0.05, 0.1) is 0 Å². The monoisotopic (exact) mass is 436 g/mol. The van der Waals surface area contributed by atoms with E-state index in [-0.39, 0.29) is 12.5 Å². The Kier molecular flexibility index (Phi) is 6.51. The molecule has 1 fully saturated rings. The maximum absolute atomic E-state index is 12.9. The van der Waals surface area contributed by atoms with Crippen LogP contribution in [0.2, 0.25) is 0 Å². The van der Waals surface area contributed by atoms with Gasteiger partial charge in [0.25, 0.3) is 0 Å². The van der Waals surface area contributed by atoms with Gasteiger partial charge in [-0.1, -0.05) is 62.4 Å². The fourth-order valence-electron chi connectivity index (χ4n) is 5.37. The van der Waals surface area contributed by atoms with Crippen LogP contribution in [0.25, 0.3) is 11.1 Å². The van der Waals surface area contributed by atoms with Gasteiger partial charge in [0.1, 0.15) is 12.6 Å². The molecule has 6 nitrogen and oxygen atoms in total. The first-order valence-electron chi connectivity index (χ1n) is 11.4. The molecule has 3 atom stereocenters. The zero-order valence-corrected chi connectivity index (χ0v) is 19.0. The molecule has 2 aromatic carbocycles. The third kappa shape index (κ3) is 4.51. The molecule has 2 aromatic rings. The average molecular weight is 437 g/mol. The van der Waals surface area contributed by atoms with Gasteiger partial charge < -0.3 is 14.7 Å². The summed E-state index contributed by atoms with van der Waals surface area (Å²) in [5.74, 6) is -0.0142. The first-order valence-corrected chi connectivity index (χ1v) is 11.4. The molecule has 1 aliphatic carbocycles. The van der Waals surface area contributed by atoms with E-state index in [0.29, 0.717) is 18.4 Å². The lowest BCUT2D eigenvalue weighted by Crippen LogP contribution is -2.52. The largest absolute Gasteiger partial charge is 0.480 e. The number of fused-ring (bicyclic) bond motifs is 3. The number of carboxylic acids is 1. The first-order chi connectivity index (χ1) is 15.3. The van der Waals surface area contributed by atoms with E-state index in [2.05, 4.69) is 43.0 Å². The van der Waals surface area contributed by atoms with Crippen molar-refractivity contribution in [3.63, 3.8) is 0 Å². The Bertz CT molecular complexity index is 936. The Morgan fingerprint density at radius 2 is 1.56 bits per heavy atom. The summed E-state index contributed by atoms with van der Waals surface area (Å²) in [5, 5.41) is 9.82. The molecule has 0 aromatic heterocycles. The molecular weight excluding hydrogens is 404 g/mol. The lowest BCUT2D eigenvalue weighted by molar-refractivity contribution is -0.143. The molecule has 1 heterocycles. The molecule has 0 spiro atoms. The highest BCUT2D eigenvalue weighted by atomic mass is 16.6. The number of likely N-dealkylation sites (N-methyl/N-ethyl adjacent to an activating group) is 1. The Labute approximate surface area is 189 Å². The Morgan fingerprint density at radius 1 is 1.03 bits per heavy atom. The summed E-state index contributed by atoms with van der Waals surface area (Å²) in [6.45, 7) is 6.58. The quantitative estimate of drug-likeness (QED) is 0.731. The molecule has 0 unspecified atom stereocenters. The number of carboxylic acid groups (broad SMARTS) is 1. The number of piperidine rings is 1. The van der Waals surface area contributed by atoms with Crippen molar-refractivity contribution in [2.24, 2.45) is 11.8 Å². The summed E-state index contributed by atoms with van der Waals surface area (Å²) < 4.78 is 5.67. The number of hydrogen-bond acceptors (Lipinski definition) is 4. The number of ether oxygens (including phenoxy) is 1. The number of carbonyl (C=O) groups is 2. The number of aliphatic carboxylic acids is 1. The van der Waals surface area contributed by atoms with E-state index in [1.165, 1.54) is 11.9 Å². The second-order valence-electron chi connectivity index (χ2n) is 9.43. The van der Waals surface area contributed by atoms with Gasteiger partial charge in [-0.05, 0) is 40.5 Å². The standard InChI is InChI=1S/C26H32N2O4/c1-17-12-18(2)14-28(13-17)15-24(25(29)30)27(3)26(31)32-16-23-21-10-6-4-8-19(21)20-9-5-7-11-22(20)23/h4-11,17-18,23-24H,12-16H2,1-3H3,(H,29,30)/t17-,18+,24-/m0/s1. The molecule has 1 aliphatic heterocycles. The minimum atomic E-state index is -1.01. The molecule has 1 amide bonds. The third-order valence-corrected chi connectivity index (χ3v) is 6.75. The fraction of sp³-hybridized carbons (Fsp3) is 0.462. The SMILES string of the molecule is C[C@@H]1C[C@H](C)CN(C[C@@H](C(=O)O)N(C)C(=O)OCC2c3ccccc3-c3ccccc32)C1. The van der Waals surface area contributed by atoms with Crippen molar-refractivity contribution in [2.45, 2.75) is 32.2 Å². The van der Waals surface area contributed by atoms with E-state index < -0.39 is 18.1 Å². The second kappa shape index (κ2) is 9.33. The number of likely N-dealkylation sites (tertiary alicyclic amines) is 1. The summed E-state index contributed by atoms with van der Waals surface area (Å²) in [7, 11) is 1.52. The molecule has 0 saturated carbocycles. The van der Waals surface area contributed by atoms with Crippen LogP contribution in [0.15, 0.2) is 48.5 Å². The van der Waals surface area contributed by atoms with Crippen molar-refractivity contribution >= 4 is 12.1 Å². The minimum absolute atomic E-state index is 0.0492. The molecular formula is C26H32N2O4. The molecule has 4 rings (SSSR count). The zero-order valence-electron chi connectivity index (χ0n) is 19.0. The lowest BCUT2D eigenvalue weighted by atomic mass is 9.91. The van der Waals surface area contributed by atoms with Crippen molar-refractivity contribution < 1.29 is 19.4 Å². The highest BCUT2D eigenvalue weighted by molar-refractivity contribution is 5.81. The van der Waals surface area contributed by atoms with Gasteiger partial charge >= 0.3 is 12.1 Å². The van der Waals surface area contributed by atoms with E-state index in [0.717, 1.165) is 41.8 Å². The van der Waals surface area contributed by atoms with Gasteiger partial charge in [0.2, 0.25) is 0 Å². The van der Waals surface area contributed by atoms with E-state index >= 15 is 0 Å². The van der Waals surface area contributed by atoms with E-state index in [4.69, 9.17) is 4.74 Å². The topological polar surface area (TPSA) is 70.1 Å². The predicted molar refractivity (Wildman–Crippen MR) is 124 cm³/mol. The van der Waals surface area contributed by atoms with Crippen molar-refractivity contribution in [3.8, 4) is 11.1 Å². The first kappa shape index (κ1) is 22.3. The van der Waals surface area contributed by atoms with Gasteiger partial charge in [-0.3, -0.25) is 4.90 Å². The van der Waals surface area contributed by atoms with Crippen LogP contribution < -0.4 is 0 Å². The van der Waals surface area contributed by atoms with E-state index in [1.54, 1.807) is 0 Å². The third-order valence-electron chi connectivity index (χ3n) is 6.75. The average Bonchev–Trinajstić information content (AvgIpc) is 3.08. The number of carbonyl (C=O) groups excluding carboxylic acids is 1. The van der Waals surface area contributed by atoms with Gasteiger partial charge in [-0.25, -0.2) is 9.59 Å². The maximum Gasteiger partial charge on any atom is 0.410 e. The van der Waals surface area contributed by atoms with Crippen LogP contribution in [0, 0.1) is 11.8 Å². The molecule has 0 bridgehead atoms. The van der Waals surface area contributed by atoms with Gasteiger partial charge in [-0.15, -0.1) is 0 Å². The summed E-state index contributed by atoms with van der Waals surface area (Å²) in [4.78, 5) is 28.2. The molecule has 32 heavy (non-hydrogen) atoms. The van der Waals surface area contributed by atoms with Crippen LogP contribution in [-0.4, -0.2) is 66.3 Å². The highest BCUT2D eigenvalue weighted by Gasteiger charge is 2.34. The van der Waals surface area contributed by atoms with E-state index in [1.807, 2.05) is 24.3 Å². The van der Waals surface area contributed by atoms with Gasteiger partial charge in [0, 0.05) is 32.6 Å². The summed E-state index contributed by atoms with van der Waals surface area (Å²) in [6, 6.07) is 15.4. The van der Waals surface area contributed by atoms with Crippen LogP contribution in [-0.2, 0) is 9.53 Å². The Hall–Kier alpha value is -2.86. The summed E-state index contributed by atoms with van der Waals surface area (Å²) in [5.41, 5.74) is 4.59. The van der Waals surface area contributed by atoms with Crippen molar-refractivity contribution in [3.05, 3.63) is 59.7 Å². The number of nitrogens with zero attached hydrogens (tertiary/aromatic N) is 2. The smallest absolute Gasteiger partial charge is 0.410 e. The number of rotatable bonds is 6. The van der Waals surface area contributed by atoms with E-state index in [9.17, 15) is 14.7 Å². The van der Waals surface area contributed by atoms with Gasteiger partial charge in [-0.2, -0.15) is 0 Å².